The summed E-state index contributed by atoms with van der Waals surface area (Å²) >= 11 is 0. The van der Waals surface area contributed by atoms with Crippen LogP contribution in [0.1, 0.15) is 11.1 Å². The van der Waals surface area contributed by atoms with Crippen LogP contribution in [0.4, 0.5) is 0 Å². The highest BCUT2D eigenvalue weighted by molar-refractivity contribution is 6.12. The zero-order valence-corrected chi connectivity index (χ0v) is 18.3. The highest BCUT2D eigenvalue weighted by Gasteiger charge is 2.18. The van der Waals surface area contributed by atoms with Crippen LogP contribution in [0.3, 0.4) is 0 Å². The molecule has 3 aromatic carbocycles. The zero-order valence-electron chi connectivity index (χ0n) is 18.3. The van der Waals surface area contributed by atoms with Crippen LogP contribution in [0.2, 0.25) is 0 Å². The van der Waals surface area contributed by atoms with Crippen LogP contribution in [0.15, 0.2) is 61.2 Å². The summed E-state index contributed by atoms with van der Waals surface area (Å²) in [5.41, 5.74) is 2.38. The number of methoxy groups -OCH3 is 2. The summed E-state index contributed by atoms with van der Waals surface area (Å²) in [6.45, 7) is 0. The second kappa shape index (κ2) is 8.45. The number of nitriles is 2. The Morgan fingerprint density at radius 1 is 0.588 bits per heavy atom. The molecular formula is C26H16N6O2. The van der Waals surface area contributed by atoms with Gasteiger partial charge in [0.2, 0.25) is 0 Å². The lowest BCUT2D eigenvalue weighted by molar-refractivity contribution is 0.417. The number of hydrogen-bond acceptors (Lipinski definition) is 8. The van der Waals surface area contributed by atoms with Crippen molar-refractivity contribution >= 4 is 21.5 Å². The van der Waals surface area contributed by atoms with Crippen molar-refractivity contribution in [3.63, 3.8) is 0 Å². The van der Waals surface area contributed by atoms with Gasteiger partial charge in [-0.05, 0) is 24.3 Å². The van der Waals surface area contributed by atoms with E-state index in [1.165, 1.54) is 24.8 Å². The van der Waals surface area contributed by atoms with Crippen LogP contribution in [0, 0.1) is 22.7 Å². The van der Waals surface area contributed by atoms with Crippen molar-refractivity contribution in [1.29, 1.82) is 10.5 Å². The molecule has 0 atom stereocenters. The predicted molar refractivity (Wildman–Crippen MR) is 126 cm³/mol. The van der Waals surface area contributed by atoms with E-state index in [9.17, 15) is 0 Å². The SMILES string of the molecule is COc1c2ccc(-c3ncc(C#N)cn3)cc2c(OC)c2ccc(-c3ncc(C#N)cn3)cc12. The fourth-order valence-electron chi connectivity index (χ4n) is 3.94. The first kappa shape index (κ1) is 20.8. The van der Waals surface area contributed by atoms with Gasteiger partial charge in [0.1, 0.15) is 23.6 Å². The lowest BCUT2D eigenvalue weighted by atomic mass is 9.97. The molecule has 5 aromatic rings. The van der Waals surface area contributed by atoms with Crippen molar-refractivity contribution in [2.24, 2.45) is 0 Å². The van der Waals surface area contributed by atoms with Crippen LogP contribution >= 0.6 is 0 Å². The smallest absolute Gasteiger partial charge is 0.159 e. The van der Waals surface area contributed by atoms with Gasteiger partial charge in [0.25, 0.3) is 0 Å². The van der Waals surface area contributed by atoms with Crippen LogP contribution < -0.4 is 9.47 Å². The monoisotopic (exact) mass is 444 g/mol. The van der Waals surface area contributed by atoms with Gasteiger partial charge in [-0.15, -0.1) is 0 Å². The van der Waals surface area contributed by atoms with E-state index in [4.69, 9.17) is 20.0 Å². The third kappa shape index (κ3) is 3.40. The van der Waals surface area contributed by atoms with Gasteiger partial charge in [0, 0.05) is 57.5 Å². The largest absolute Gasteiger partial charge is 0.495 e. The first-order valence-electron chi connectivity index (χ1n) is 10.2. The van der Waals surface area contributed by atoms with Gasteiger partial charge < -0.3 is 9.47 Å². The molecule has 0 aliphatic carbocycles. The van der Waals surface area contributed by atoms with Gasteiger partial charge in [-0.1, -0.05) is 12.1 Å². The molecule has 0 unspecified atom stereocenters. The average Bonchev–Trinajstić information content (AvgIpc) is 2.91. The Kier molecular flexibility index (Phi) is 5.17. The molecule has 8 heteroatoms. The number of fused-ring (bicyclic) bond motifs is 2. The summed E-state index contributed by atoms with van der Waals surface area (Å²) in [7, 11) is 3.26. The topological polar surface area (TPSA) is 118 Å². The van der Waals surface area contributed by atoms with E-state index in [1.807, 2.05) is 48.5 Å². The second-order valence-electron chi connectivity index (χ2n) is 7.40. The molecule has 0 bridgehead atoms. The first-order valence-corrected chi connectivity index (χ1v) is 10.2. The summed E-state index contributed by atoms with van der Waals surface area (Å²) in [6.07, 6.45) is 5.99. The standard InChI is InChI=1S/C26H16N6O2/c1-33-23-19-5-3-18(26-31-13-16(10-28)14-32-26)8-22(19)24(34-2)20-6-4-17(7-21(20)23)25-29-11-15(9-27)12-30-25/h3-8,11-14H,1-2H3. The minimum Gasteiger partial charge on any atom is -0.495 e. The number of hydrogen-bond donors (Lipinski definition) is 0. The maximum absolute atomic E-state index is 9.00. The van der Waals surface area contributed by atoms with Crippen molar-refractivity contribution in [2.75, 3.05) is 14.2 Å². The number of aromatic nitrogens is 4. The third-order valence-electron chi connectivity index (χ3n) is 5.50. The van der Waals surface area contributed by atoms with Crippen LogP contribution in [0.25, 0.3) is 44.3 Å². The summed E-state index contributed by atoms with van der Waals surface area (Å²) < 4.78 is 11.7. The fraction of sp³-hybridized carbons (Fsp3) is 0.0769. The Morgan fingerprint density at radius 3 is 1.29 bits per heavy atom. The third-order valence-corrected chi connectivity index (χ3v) is 5.50. The van der Waals surface area contributed by atoms with Crippen molar-refractivity contribution in [3.05, 3.63) is 72.3 Å². The number of rotatable bonds is 4. The van der Waals surface area contributed by atoms with E-state index < -0.39 is 0 Å². The minimum absolute atomic E-state index is 0.400. The molecule has 8 nitrogen and oxygen atoms in total. The van der Waals surface area contributed by atoms with Crippen LogP contribution in [-0.4, -0.2) is 34.2 Å². The summed E-state index contributed by atoms with van der Waals surface area (Å²) in [4.78, 5) is 17.2. The molecule has 0 fully saturated rings. The zero-order chi connectivity index (χ0) is 23.7. The maximum Gasteiger partial charge on any atom is 0.159 e. The second-order valence-corrected chi connectivity index (χ2v) is 7.40. The van der Waals surface area contributed by atoms with Gasteiger partial charge in [-0.25, -0.2) is 19.9 Å². The Hall–Kier alpha value is -5.08. The van der Waals surface area contributed by atoms with Gasteiger partial charge >= 0.3 is 0 Å². The van der Waals surface area contributed by atoms with Crippen molar-refractivity contribution in [1.82, 2.24) is 19.9 Å². The summed E-state index contributed by atoms with van der Waals surface area (Å²) in [5.74, 6) is 2.40. The number of benzene rings is 3. The van der Waals surface area contributed by atoms with Gasteiger partial charge in [0.15, 0.2) is 11.6 Å². The molecule has 0 saturated heterocycles. The Balaban J connectivity index is 1.73. The molecule has 34 heavy (non-hydrogen) atoms. The molecule has 2 heterocycles. The van der Waals surface area contributed by atoms with Crippen molar-refractivity contribution in [2.45, 2.75) is 0 Å². The van der Waals surface area contributed by atoms with Crippen molar-refractivity contribution in [3.8, 4) is 46.4 Å². The fourth-order valence-corrected chi connectivity index (χ4v) is 3.94. The van der Waals surface area contributed by atoms with E-state index in [1.54, 1.807) is 14.2 Å². The Labute approximate surface area is 194 Å². The predicted octanol–water partition coefficient (Wildman–Crippen LogP) is 4.67. The van der Waals surface area contributed by atoms with Gasteiger partial charge in [0.05, 0.1) is 25.3 Å². The molecule has 0 radical (unpaired) electrons. The lowest BCUT2D eigenvalue weighted by Gasteiger charge is -2.16. The molecule has 0 N–H and O–H groups in total. The van der Waals surface area contributed by atoms with Crippen molar-refractivity contribution < 1.29 is 9.47 Å². The van der Waals surface area contributed by atoms with Crippen LogP contribution in [-0.2, 0) is 0 Å². The number of ether oxygens (including phenoxy) is 2. The highest BCUT2D eigenvalue weighted by Crippen LogP contribution is 2.44. The molecule has 0 saturated carbocycles. The number of nitrogens with zero attached hydrogens (tertiary/aromatic N) is 6. The minimum atomic E-state index is 0.400. The maximum atomic E-state index is 9.00. The van der Waals surface area contributed by atoms with Gasteiger partial charge in [-0.3, -0.25) is 0 Å². The van der Waals surface area contributed by atoms with E-state index >= 15 is 0 Å². The summed E-state index contributed by atoms with van der Waals surface area (Å²) in [5, 5.41) is 21.4. The van der Waals surface area contributed by atoms with Crippen LogP contribution in [0.5, 0.6) is 11.5 Å². The molecule has 162 valence electrons. The Bertz CT molecular complexity index is 1510. The normalized spacial score (nSPS) is 10.6. The van der Waals surface area contributed by atoms with E-state index in [-0.39, 0.29) is 0 Å². The van der Waals surface area contributed by atoms with E-state index in [0.29, 0.717) is 34.3 Å². The molecule has 5 rings (SSSR count). The first-order chi connectivity index (χ1) is 16.7. The molecule has 0 amide bonds. The molecule has 0 aliphatic rings. The lowest BCUT2D eigenvalue weighted by Crippen LogP contribution is -1.96. The quantitative estimate of drug-likeness (QED) is 0.367. The van der Waals surface area contributed by atoms with E-state index in [0.717, 1.165) is 32.7 Å². The average molecular weight is 444 g/mol. The molecule has 2 aromatic heterocycles. The molecular weight excluding hydrogens is 428 g/mol. The summed E-state index contributed by atoms with van der Waals surface area (Å²) in [6, 6.07) is 15.7. The van der Waals surface area contributed by atoms with E-state index in [2.05, 4.69) is 19.9 Å². The highest BCUT2D eigenvalue weighted by atomic mass is 16.5. The molecule has 0 spiro atoms. The Morgan fingerprint density at radius 2 is 0.971 bits per heavy atom. The molecule has 0 aliphatic heterocycles. The van der Waals surface area contributed by atoms with Gasteiger partial charge in [-0.2, -0.15) is 10.5 Å².